The maximum absolute atomic E-state index is 17.7. The van der Waals surface area contributed by atoms with Crippen LogP contribution in [-0.2, 0) is 9.53 Å². The van der Waals surface area contributed by atoms with Gasteiger partial charge in [0.25, 0.3) is 0 Å². The molecule has 0 bridgehead atoms. The van der Waals surface area contributed by atoms with Gasteiger partial charge in [0.1, 0.15) is 61.1 Å². The number of anilines is 1. The Bertz CT molecular complexity index is 2260. The number of aldehydes is 1. The van der Waals surface area contributed by atoms with Crippen molar-refractivity contribution in [1.29, 1.82) is 0 Å². The van der Waals surface area contributed by atoms with Crippen LogP contribution in [0.4, 0.5) is 19.0 Å². The number of rotatable bonds is 14. The number of carbonyl (C=O) groups excluding carboxylic acids is 1. The first-order chi connectivity index (χ1) is 28.2. The molecular weight excluding hydrogens is 776 g/mol. The number of methoxy groups -OCH3 is 2. The summed E-state index contributed by atoms with van der Waals surface area (Å²) in [5.74, 6) is 2.45. The van der Waals surface area contributed by atoms with Gasteiger partial charge in [0.05, 0.1) is 18.2 Å². The fraction of sp³-hybridized carbons (Fsp3) is 0.556. The summed E-state index contributed by atoms with van der Waals surface area (Å²) in [7, 11) is 0.592. The van der Waals surface area contributed by atoms with E-state index in [-0.39, 0.29) is 70.8 Å². The molecule has 4 heterocycles. The van der Waals surface area contributed by atoms with E-state index in [1.807, 2.05) is 0 Å². The summed E-state index contributed by atoms with van der Waals surface area (Å²) in [5, 5.41) is 4.54. The van der Waals surface area contributed by atoms with Crippen LogP contribution in [0.25, 0.3) is 32.9 Å². The Labute approximate surface area is 346 Å². The first kappa shape index (κ1) is 42.7. The number of halogens is 3. The quantitative estimate of drug-likeness (QED) is 0.0572. The molecule has 7 rings (SSSR count). The van der Waals surface area contributed by atoms with E-state index in [9.17, 15) is 9.18 Å². The Balaban J connectivity index is 1.45. The minimum atomic E-state index is -2.33. The zero-order chi connectivity index (χ0) is 42.2. The van der Waals surface area contributed by atoms with Gasteiger partial charge in [0.15, 0.2) is 12.6 Å². The van der Waals surface area contributed by atoms with Crippen LogP contribution < -0.4 is 19.5 Å². The third-order valence-electron chi connectivity index (χ3n) is 13.1. The summed E-state index contributed by atoms with van der Waals surface area (Å²) >= 11 is 0. The highest BCUT2D eigenvalue weighted by atomic mass is 28.3. The lowest BCUT2D eigenvalue weighted by Crippen LogP contribution is -2.43. The highest BCUT2D eigenvalue weighted by molar-refractivity contribution is 6.90. The molecule has 3 fully saturated rings. The fourth-order valence-corrected chi connectivity index (χ4v) is 15.5. The molecular formula is C45H56F3N5O5Si. The largest absolute Gasteiger partial charge is 0.480 e. The minimum absolute atomic E-state index is 0.0262. The van der Waals surface area contributed by atoms with E-state index >= 15 is 8.78 Å². The molecule has 316 valence electrons. The van der Waals surface area contributed by atoms with Crippen LogP contribution in [0.5, 0.6) is 17.6 Å². The fourth-order valence-electron chi connectivity index (χ4n) is 10.3. The second-order valence-electron chi connectivity index (χ2n) is 17.5. The van der Waals surface area contributed by atoms with Crippen molar-refractivity contribution in [3.8, 4) is 40.4 Å². The van der Waals surface area contributed by atoms with Gasteiger partial charge in [-0.2, -0.15) is 9.97 Å². The number of benzene rings is 2. The maximum atomic E-state index is 17.7. The molecule has 4 atom stereocenters. The highest BCUT2D eigenvalue weighted by Gasteiger charge is 2.49. The van der Waals surface area contributed by atoms with E-state index in [0.29, 0.717) is 65.4 Å². The van der Waals surface area contributed by atoms with E-state index in [0.717, 1.165) is 25.7 Å². The molecule has 2 aromatic carbocycles. The molecule has 1 N–H and O–H groups in total. The van der Waals surface area contributed by atoms with Gasteiger partial charge >= 0.3 is 6.01 Å². The Kier molecular flexibility index (Phi) is 12.5. The van der Waals surface area contributed by atoms with E-state index in [4.69, 9.17) is 28.9 Å². The van der Waals surface area contributed by atoms with Crippen molar-refractivity contribution >= 4 is 41.9 Å². The lowest BCUT2D eigenvalue weighted by molar-refractivity contribution is -0.110. The Morgan fingerprint density at radius 3 is 2.46 bits per heavy atom. The average Bonchev–Trinajstić information content (AvgIpc) is 3.91. The van der Waals surface area contributed by atoms with Crippen molar-refractivity contribution in [3.63, 3.8) is 0 Å². The molecule has 2 aliphatic heterocycles. The van der Waals surface area contributed by atoms with Crippen LogP contribution in [0, 0.1) is 29.0 Å². The molecule has 2 aromatic heterocycles. The predicted octanol–water partition coefficient (Wildman–Crippen LogP) is 9.42. The summed E-state index contributed by atoms with van der Waals surface area (Å²) in [4.78, 5) is 28.0. The van der Waals surface area contributed by atoms with Crippen molar-refractivity contribution < 1.29 is 36.9 Å². The number of nitrogens with zero attached hydrogens (tertiary/aromatic N) is 4. The average molecular weight is 832 g/mol. The summed E-state index contributed by atoms with van der Waals surface area (Å²) < 4.78 is 72.0. The van der Waals surface area contributed by atoms with Gasteiger partial charge in [-0.3, -0.25) is 4.90 Å². The molecule has 1 aliphatic carbocycles. The molecule has 1 saturated carbocycles. The lowest BCUT2D eigenvalue weighted by atomic mass is 9.95. The van der Waals surface area contributed by atoms with Crippen LogP contribution in [0.3, 0.4) is 0 Å². The van der Waals surface area contributed by atoms with Crippen LogP contribution in [0.15, 0.2) is 24.3 Å². The summed E-state index contributed by atoms with van der Waals surface area (Å²) in [6.07, 6.45) is 3.99. The summed E-state index contributed by atoms with van der Waals surface area (Å²) in [6.45, 7) is 14.3. The van der Waals surface area contributed by atoms with Crippen molar-refractivity contribution in [3.05, 3.63) is 41.5 Å². The van der Waals surface area contributed by atoms with Crippen LogP contribution in [-0.4, -0.2) is 92.7 Å². The van der Waals surface area contributed by atoms with Crippen LogP contribution in [0.1, 0.15) is 85.6 Å². The molecule has 4 aromatic rings. The van der Waals surface area contributed by atoms with Crippen molar-refractivity contribution in [1.82, 2.24) is 19.9 Å². The number of alkyl halides is 1. The number of carbonyl (C=O) groups is 1. The smallest absolute Gasteiger partial charge is 0.319 e. The second-order valence-corrected chi connectivity index (χ2v) is 23.0. The minimum Gasteiger partial charge on any atom is -0.480 e. The third-order valence-corrected chi connectivity index (χ3v) is 19.4. The van der Waals surface area contributed by atoms with Crippen molar-refractivity contribution in [2.45, 2.75) is 114 Å². The van der Waals surface area contributed by atoms with E-state index in [2.05, 4.69) is 68.2 Å². The van der Waals surface area contributed by atoms with Crippen LogP contribution in [0.2, 0.25) is 16.6 Å². The normalized spacial score (nSPS) is 22.0. The summed E-state index contributed by atoms with van der Waals surface area (Å²) in [6, 6.07) is 6.11. The van der Waals surface area contributed by atoms with Crippen LogP contribution >= 0.6 is 0 Å². The van der Waals surface area contributed by atoms with Gasteiger partial charge in [0, 0.05) is 43.0 Å². The third kappa shape index (κ3) is 7.98. The van der Waals surface area contributed by atoms with Gasteiger partial charge in [-0.25, -0.2) is 18.2 Å². The standard InChI is InChI=1S/C45H56F3N5O5Si/c1-26(2)59(27(3)4,28(5)6)17-14-34-36(47)13-11-30-19-33(58-25-55-7)20-35(37(30)34)40-39(48)41-38(43(50-40)56-8)42(49-32-12-10-29(18-32)23-54)52-44(51-41)57-24-45-15-9-16-53(45)22-31(46)21-45/h11,13,19-20,23,26-29,31-32H,9-10,12,15-16,18,21-22,24-25H2,1-8H3,(H,49,51,52)/t29-,31+,32+,45-/m0/s1. The summed E-state index contributed by atoms with van der Waals surface area (Å²) in [5.41, 5.74) is 4.09. The lowest BCUT2D eigenvalue weighted by Gasteiger charge is -2.38. The molecule has 0 spiro atoms. The second kappa shape index (κ2) is 17.3. The van der Waals surface area contributed by atoms with Crippen molar-refractivity contribution in [2.24, 2.45) is 5.92 Å². The van der Waals surface area contributed by atoms with E-state index < -0.39 is 31.4 Å². The SMILES string of the molecule is COCOc1cc(-c2nc(OC)c3c(N[C@@H]4CC[C@H](C=O)C4)nc(OC[C@@]45CCCN4C[C@H](F)C5)nc3c2F)c2c(C#C[Si](C(C)C)(C(C)C)C(C)C)c(F)ccc2c1. The van der Waals surface area contributed by atoms with Gasteiger partial charge in [0.2, 0.25) is 5.88 Å². The molecule has 0 amide bonds. The number of ether oxygens (including phenoxy) is 4. The zero-order valence-corrected chi connectivity index (χ0v) is 36.4. The predicted molar refractivity (Wildman–Crippen MR) is 227 cm³/mol. The Morgan fingerprint density at radius 2 is 1.78 bits per heavy atom. The highest BCUT2D eigenvalue weighted by Crippen LogP contribution is 2.45. The maximum Gasteiger partial charge on any atom is 0.319 e. The number of hydrogen-bond acceptors (Lipinski definition) is 10. The molecule has 2 saturated heterocycles. The molecule has 10 nitrogen and oxygen atoms in total. The number of hydrogen-bond donors (Lipinski definition) is 1. The first-order valence-electron chi connectivity index (χ1n) is 20.9. The monoisotopic (exact) mass is 831 g/mol. The molecule has 0 unspecified atom stereocenters. The number of fused-ring (bicyclic) bond motifs is 3. The Morgan fingerprint density at radius 1 is 1.02 bits per heavy atom. The number of nitrogens with one attached hydrogen (secondary N) is 1. The number of pyridine rings is 1. The molecule has 3 aliphatic rings. The molecule has 14 heteroatoms. The van der Waals surface area contributed by atoms with Gasteiger partial charge in [-0.15, -0.1) is 5.54 Å². The zero-order valence-electron chi connectivity index (χ0n) is 35.4. The van der Waals surface area contributed by atoms with Gasteiger partial charge in [-0.05, 0) is 78.9 Å². The van der Waals surface area contributed by atoms with Crippen molar-refractivity contribution in [2.75, 3.05) is 46.0 Å². The van der Waals surface area contributed by atoms with E-state index in [1.54, 1.807) is 18.2 Å². The van der Waals surface area contributed by atoms with E-state index in [1.165, 1.54) is 20.3 Å². The molecule has 59 heavy (non-hydrogen) atoms. The topological polar surface area (TPSA) is 108 Å². The first-order valence-corrected chi connectivity index (χ1v) is 23.1. The Hall–Kier alpha value is -4.45. The van der Waals surface area contributed by atoms with Gasteiger partial charge in [-0.1, -0.05) is 53.5 Å². The number of aromatic nitrogens is 3. The van der Waals surface area contributed by atoms with Gasteiger partial charge < -0.3 is 29.1 Å². The molecule has 0 radical (unpaired) electrons.